The van der Waals surface area contributed by atoms with E-state index < -0.39 is 0 Å². The van der Waals surface area contributed by atoms with E-state index in [0.717, 1.165) is 11.4 Å². The van der Waals surface area contributed by atoms with Crippen molar-refractivity contribution < 1.29 is 0 Å². The van der Waals surface area contributed by atoms with Crippen LogP contribution in [0.25, 0.3) is 0 Å². The molecule has 5 nitrogen and oxygen atoms in total. The number of nitrogens with one attached hydrogen (secondary N) is 1. The van der Waals surface area contributed by atoms with Crippen LogP contribution in [0, 0.1) is 27.7 Å². The zero-order chi connectivity index (χ0) is 12.4. The van der Waals surface area contributed by atoms with Crippen molar-refractivity contribution in [1.29, 1.82) is 0 Å². The van der Waals surface area contributed by atoms with Gasteiger partial charge in [0.1, 0.15) is 0 Å². The highest BCUT2D eigenvalue weighted by Gasteiger charge is 2.02. The molecule has 2 heterocycles. The summed E-state index contributed by atoms with van der Waals surface area (Å²) in [6, 6.07) is 4.15. The molecule has 0 atom stereocenters. The van der Waals surface area contributed by atoms with Crippen LogP contribution in [0.3, 0.4) is 0 Å². The third-order valence-corrected chi connectivity index (χ3v) is 2.73. The van der Waals surface area contributed by atoms with Gasteiger partial charge in [-0.05, 0) is 39.8 Å². The third-order valence-electron chi connectivity index (χ3n) is 2.73. The molecule has 0 aliphatic rings. The number of aryl methyl sites for hydroxylation is 4. The SMILES string of the molecule is Cc1cc(C)n(CNCn2nc(C)cc2C)n1. The third kappa shape index (κ3) is 2.74. The molecule has 17 heavy (non-hydrogen) atoms. The predicted molar refractivity (Wildman–Crippen MR) is 66.5 cm³/mol. The van der Waals surface area contributed by atoms with E-state index in [1.54, 1.807) is 0 Å². The van der Waals surface area contributed by atoms with E-state index in [4.69, 9.17) is 0 Å². The Bertz CT molecular complexity index is 463. The van der Waals surface area contributed by atoms with E-state index in [1.165, 1.54) is 11.4 Å². The zero-order valence-corrected chi connectivity index (χ0v) is 10.9. The molecule has 0 saturated carbocycles. The first-order valence-corrected chi connectivity index (χ1v) is 5.79. The molecule has 0 radical (unpaired) electrons. The van der Waals surface area contributed by atoms with Crippen molar-refractivity contribution in [3.05, 3.63) is 34.9 Å². The number of nitrogens with zero attached hydrogens (tertiary/aromatic N) is 4. The van der Waals surface area contributed by atoms with E-state index in [1.807, 2.05) is 23.2 Å². The van der Waals surface area contributed by atoms with E-state index in [9.17, 15) is 0 Å². The van der Waals surface area contributed by atoms with Crippen molar-refractivity contribution in [2.24, 2.45) is 0 Å². The fourth-order valence-electron chi connectivity index (χ4n) is 1.93. The molecule has 0 amide bonds. The molecule has 0 bridgehead atoms. The molecule has 0 aromatic carbocycles. The quantitative estimate of drug-likeness (QED) is 0.871. The Morgan fingerprint density at radius 2 is 1.29 bits per heavy atom. The summed E-state index contributed by atoms with van der Waals surface area (Å²) in [7, 11) is 0. The van der Waals surface area contributed by atoms with Gasteiger partial charge in [0.25, 0.3) is 0 Å². The molecule has 2 aromatic heterocycles. The molecule has 0 fully saturated rings. The van der Waals surface area contributed by atoms with Gasteiger partial charge < -0.3 is 0 Å². The molecular formula is C12H19N5. The van der Waals surface area contributed by atoms with Crippen LogP contribution < -0.4 is 5.32 Å². The minimum absolute atomic E-state index is 0.706. The number of aromatic nitrogens is 4. The van der Waals surface area contributed by atoms with Crippen molar-refractivity contribution in [1.82, 2.24) is 24.9 Å². The summed E-state index contributed by atoms with van der Waals surface area (Å²) in [5.74, 6) is 0. The number of rotatable bonds is 4. The van der Waals surface area contributed by atoms with Crippen molar-refractivity contribution >= 4 is 0 Å². The molecule has 0 saturated heterocycles. The molecule has 2 rings (SSSR count). The van der Waals surface area contributed by atoms with Gasteiger partial charge in [-0.2, -0.15) is 10.2 Å². The van der Waals surface area contributed by atoms with Gasteiger partial charge in [0.15, 0.2) is 0 Å². The Balaban J connectivity index is 1.92. The van der Waals surface area contributed by atoms with Crippen LogP contribution in [-0.2, 0) is 13.3 Å². The van der Waals surface area contributed by atoms with Gasteiger partial charge in [-0.1, -0.05) is 0 Å². The first-order valence-electron chi connectivity index (χ1n) is 5.79. The van der Waals surface area contributed by atoms with Gasteiger partial charge in [0.05, 0.1) is 24.7 Å². The molecule has 5 heteroatoms. The Morgan fingerprint density at radius 3 is 1.59 bits per heavy atom. The van der Waals surface area contributed by atoms with Gasteiger partial charge >= 0.3 is 0 Å². The van der Waals surface area contributed by atoms with E-state index >= 15 is 0 Å². The molecule has 0 unspecified atom stereocenters. The predicted octanol–water partition coefficient (Wildman–Crippen LogP) is 1.52. The molecule has 2 aromatic rings. The highest BCUT2D eigenvalue weighted by atomic mass is 15.4. The lowest BCUT2D eigenvalue weighted by molar-refractivity contribution is 0.422. The summed E-state index contributed by atoms with van der Waals surface area (Å²) in [6.07, 6.45) is 0. The van der Waals surface area contributed by atoms with E-state index in [0.29, 0.717) is 13.3 Å². The second-order valence-electron chi connectivity index (χ2n) is 4.42. The number of hydrogen-bond acceptors (Lipinski definition) is 3. The van der Waals surface area contributed by atoms with Gasteiger partial charge in [-0.3, -0.25) is 14.7 Å². The fraction of sp³-hybridized carbons (Fsp3) is 0.500. The molecule has 92 valence electrons. The van der Waals surface area contributed by atoms with Gasteiger partial charge in [-0.25, -0.2) is 0 Å². The van der Waals surface area contributed by atoms with Gasteiger partial charge in [-0.15, -0.1) is 0 Å². The summed E-state index contributed by atoms with van der Waals surface area (Å²) in [5.41, 5.74) is 4.44. The van der Waals surface area contributed by atoms with Crippen LogP contribution >= 0.6 is 0 Å². The maximum Gasteiger partial charge on any atom is 0.0920 e. The average molecular weight is 233 g/mol. The van der Waals surface area contributed by atoms with E-state index in [2.05, 4.69) is 41.5 Å². The molecule has 0 spiro atoms. The summed E-state index contributed by atoms with van der Waals surface area (Å²) >= 11 is 0. The van der Waals surface area contributed by atoms with Crippen LogP contribution in [0.1, 0.15) is 22.8 Å². The van der Waals surface area contributed by atoms with Gasteiger partial charge in [0, 0.05) is 11.4 Å². The summed E-state index contributed by atoms with van der Waals surface area (Å²) < 4.78 is 3.92. The Kier molecular flexibility index (Phi) is 3.28. The first kappa shape index (κ1) is 11.9. The first-order chi connectivity index (χ1) is 8.06. The second-order valence-corrected chi connectivity index (χ2v) is 4.42. The highest BCUT2D eigenvalue weighted by Crippen LogP contribution is 2.02. The summed E-state index contributed by atoms with van der Waals surface area (Å²) in [4.78, 5) is 0. The molecule has 0 aliphatic carbocycles. The standard InChI is InChI=1S/C12H19N5/c1-9-5-11(3)16(14-9)7-13-8-17-12(4)6-10(2)15-17/h5-6,13H,7-8H2,1-4H3. The van der Waals surface area contributed by atoms with Crippen molar-refractivity contribution in [3.63, 3.8) is 0 Å². The van der Waals surface area contributed by atoms with Crippen LogP contribution in [0.5, 0.6) is 0 Å². The number of hydrogen-bond donors (Lipinski definition) is 1. The van der Waals surface area contributed by atoms with Crippen molar-refractivity contribution in [2.75, 3.05) is 0 Å². The monoisotopic (exact) mass is 233 g/mol. The minimum atomic E-state index is 0.706. The minimum Gasteiger partial charge on any atom is -0.279 e. The smallest absolute Gasteiger partial charge is 0.0920 e. The van der Waals surface area contributed by atoms with E-state index in [-0.39, 0.29) is 0 Å². The summed E-state index contributed by atoms with van der Waals surface area (Å²) in [6.45, 7) is 9.54. The Hall–Kier alpha value is -1.62. The fourth-order valence-corrected chi connectivity index (χ4v) is 1.93. The van der Waals surface area contributed by atoms with Gasteiger partial charge in [0.2, 0.25) is 0 Å². The summed E-state index contributed by atoms with van der Waals surface area (Å²) in [5, 5.41) is 12.1. The Labute approximate surface area is 101 Å². The Morgan fingerprint density at radius 1 is 0.882 bits per heavy atom. The molecule has 1 N–H and O–H groups in total. The van der Waals surface area contributed by atoms with Crippen LogP contribution in [0.2, 0.25) is 0 Å². The topological polar surface area (TPSA) is 47.7 Å². The molecule has 0 aliphatic heterocycles. The molecular weight excluding hydrogens is 214 g/mol. The average Bonchev–Trinajstić information content (AvgIpc) is 2.71. The van der Waals surface area contributed by atoms with Crippen LogP contribution in [-0.4, -0.2) is 19.6 Å². The maximum atomic E-state index is 4.39. The maximum absolute atomic E-state index is 4.39. The van der Waals surface area contributed by atoms with Crippen LogP contribution in [0.4, 0.5) is 0 Å². The van der Waals surface area contributed by atoms with Crippen molar-refractivity contribution in [2.45, 2.75) is 41.0 Å². The lowest BCUT2D eigenvalue weighted by Crippen LogP contribution is -2.24. The lowest BCUT2D eigenvalue weighted by Gasteiger charge is -2.08. The highest BCUT2D eigenvalue weighted by molar-refractivity contribution is 5.07. The lowest BCUT2D eigenvalue weighted by atomic mass is 10.4. The normalized spacial score (nSPS) is 11.1. The largest absolute Gasteiger partial charge is 0.279 e. The van der Waals surface area contributed by atoms with Crippen LogP contribution in [0.15, 0.2) is 12.1 Å². The second kappa shape index (κ2) is 4.71. The van der Waals surface area contributed by atoms with Crippen molar-refractivity contribution in [3.8, 4) is 0 Å². The zero-order valence-electron chi connectivity index (χ0n) is 10.9.